The van der Waals surface area contributed by atoms with Crippen molar-refractivity contribution in [2.45, 2.75) is 12.8 Å². The molecule has 4 rings (SSSR count). The fourth-order valence-corrected chi connectivity index (χ4v) is 3.16. The molecule has 0 aliphatic heterocycles. The Hall–Kier alpha value is -2.08. The van der Waals surface area contributed by atoms with Gasteiger partial charge in [0, 0.05) is 0 Å². The molecule has 0 aromatic heterocycles. The van der Waals surface area contributed by atoms with Crippen LogP contribution in [0, 0.1) is 0 Å². The van der Waals surface area contributed by atoms with Crippen LogP contribution in [-0.4, -0.2) is 0 Å². The van der Waals surface area contributed by atoms with Crippen molar-refractivity contribution >= 4 is 27.1 Å². The summed E-state index contributed by atoms with van der Waals surface area (Å²) in [7, 11) is 0. The monoisotopic (exact) mass is 230 g/mol. The summed E-state index contributed by atoms with van der Waals surface area (Å²) in [5.41, 5.74) is 4.15. The molecule has 3 aromatic carbocycles. The minimum atomic E-state index is 1.11. The third-order valence-electron chi connectivity index (χ3n) is 4.10. The Morgan fingerprint density at radius 1 is 0.722 bits per heavy atom. The summed E-state index contributed by atoms with van der Waals surface area (Å²) in [4.78, 5) is 0. The van der Waals surface area contributed by atoms with Crippen LogP contribution in [-0.2, 0) is 6.42 Å². The average molecular weight is 230 g/mol. The molecule has 86 valence electrons. The second kappa shape index (κ2) is 3.46. The fourth-order valence-electron chi connectivity index (χ4n) is 3.16. The Morgan fingerprint density at radius 2 is 1.56 bits per heavy atom. The van der Waals surface area contributed by atoms with Gasteiger partial charge in [0.05, 0.1) is 0 Å². The molecule has 3 aromatic rings. The molecule has 0 amide bonds. The summed E-state index contributed by atoms with van der Waals surface area (Å²) < 4.78 is 0. The molecule has 1 aliphatic rings. The third-order valence-corrected chi connectivity index (χ3v) is 4.10. The van der Waals surface area contributed by atoms with Crippen molar-refractivity contribution in [3.05, 3.63) is 66.2 Å². The quantitative estimate of drug-likeness (QED) is 0.479. The number of allylic oxidation sites excluding steroid dienone is 1. The van der Waals surface area contributed by atoms with Gasteiger partial charge in [0.1, 0.15) is 0 Å². The second-order valence-electron chi connectivity index (χ2n) is 5.08. The molecule has 0 saturated heterocycles. The predicted octanol–water partition coefficient (Wildman–Crippen LogP) is 4.95. The molecule has 0 nitrogen and oxygen atoms in total. The maximum atomic E-state index is 4.16. The maximum Gasteiger partial charge on any atom is -0.0102 e. The van der Waals surface area contributed by atoms with Gasteiger partial charge in [0.25, 0.3) is 0 Å². The summed E-state index contributed by atoms with van der Waals surface area (Å²) in [5.74, 6) is 0. The van der Waals surface area contributed by atoms with E-state index in [1.54, 1.807) is 0 Å². The van der Waals surface area contributed by atoms with Crippen LogP contribution in [0.2, 0.25) is 0 Å². The summed E-state index contributed by atoms with van der Waals surface area (Å²) >= 11 is 0. The smallest absolute Gasteiger partial charge is 0.0102 e. The zero-order valence-electron chi connectivity index (χ0n) is 10.2. The third kappa shape index (κ3) is 1.20. The molecular formula is C18H14. The standard InChI is InChI=1S/C18H14/c1-12-6-8-16-14(12)10-11-17-15-5-3-2-4-13(15)7-9-18(16)17/h2-5,7,9-11H,1,6,8H2. The number of fused-ring (bicyclic) bond motifs is 5. The highest BCUT2D eigenvalue weighted by atomic mass is 14.2. The van der Waals surface area contributed by atoms with E-state index in [1.165, 1.54) is 38.2 Å². The largest absolute Gasteiger partial charge is 0.0952 e. The van der Waals surface area contributed by atoms with E-state index in [9.17, 15) is 0 Å². The Morgan fingerprint density at radius 3 is 2.50 bits per heavy atom. The first-order valence-electron chi connectivity index (χ1n) is 6.46. The van der Waals surface area contributed by atoms with Crippen molar-refractivity contribution < 1.29 is 0 Å². The predicted molar refractivity (Wildman–Crippen MR) is 78.8 cm³/mol. The zero-order chi connectivity index (χ0) is 12.1. The Labute approximate surface area is 107 Å². The van der Waals surface area contributed by atoms with Gasteiger partial charge in [-0.25, -0.2) is 0 Å². The van der Waals surface area contributed by atoms with Crippen LogP contribution in [0.25, 0.3) is 27.1 Å². The molecule has 0 radical (unpaired) electrons. The SMILES string of the molecule is C=C1CCc2c1ccc1c2ccc2ccccc21. The maximum absolute atomic E-state index is 4.16. The molecule has 0 unspecified atom stereocenters. The van der Waals surface area contributed by atoms with Crippen LogP contribution in [0.3, 0.4) is 0 Å². The lowest BCUT2D eigenvalue weighted by Gasteiger charge is -2.08. The lowest BCUT2D eigenvalue weighted by Crippen LogP contribution is -1.85. The lowest BCUT2D eigenvalue weighted by atomic mass is 9.96. The van der Waals surface area contributed by atoms with Gasteiger partial charge in [-0.15, -0.1) is 0 Å². The Bertz CT molecular complexity index is 794. The molecule has 0 N–H and O–H groups in total. The summed E-state index contributed by atoms with van der Waals surface area (Å²) in [6, 6.07) is 17.6. The molecular weight excluding hydrogens is 216 g/mol. The van der Waals surface area contributed by atoms with Crippen molar-refractivity contribution in [1.82, 2.24) is 0 Å². The first kappa shape index (κ1) is 9.90. The second-order valence-corrected chi connectivity index (χ2v) is 5.08. The van der Waals surface area contributed by atoms with Crippen LogP contribution in [0.15, 0.2) is 55.1 Å². The van der Waals surface area contributed by atoms with Crippen molar-refractivity contribution in [3.8, 4) is 0 Å². The van der Waals surface area contributed by atoms with Crippen molar-refractivity contribution in [1.29, 1.82) is 0 Å². The van der Waals surface area contributed by atoms with Gasteiger partial charge in [-0.3, -0.25) is 0 Å². The molecule has 0 bridgehead atoms. The van der Waals surface area contributed by atoms with Gasteiger partial charge in [-0.2, -0.15) is 0 Å². The number of hydrogen-bond donors (Lipinski definition) is 0. The van der Waals surface area contributed by atoms with Crippen molar-refractivity contribution in [2.24, 2.45) is 0 Å². The van der Waals surface area contributed by atoms with Gasteiger partial charge < -0.3 is 0 Å². The van der Waals surface area contributed by atoms with Crippen molar-refractivity contribution in [3.63, 3.8) is 0 Å². The molecule has 0 saturated carbocycles. The van der Waals surface area contributed by atoms with Crippen LogP contribution in [0.4, 0.5) is 0 Å². The Kier molecular flexibility index (Phi) is 1.90. The molecule has 1 aliphatic carbocycles. The van der Waals surface area contributed by atoms with Gasteiger partial charge in [-0.1, -0.05) is 55.1 Å². The summed E-state index contributed by atoms with van der Waals surface area (Å²) in [6.07, 6.45) is 2.26. The lowest BCUT2D eigenvalue weighted by molar-refractivity contribution is 1.09. The first-order chi connectivity index (χ1) is 8.84. The zero-order valence-corrected chi connectivity index (χ0v) is 10.2. The summed E-state index contributed by atoms with van der Waals surface area (Å²) in [6.45, 7) is 4.16. The van der Waals surface area contributed by atoms with Gasteiger partial charge >= 0.3 is 0 Å². The normalized spacial score (nSPS) is 14.3. The van der Waals surface area contributed by atoms with Gasteiger partial charge in [0.15, 0.2) is 0 Å². The minimum absolute atomic E-state index is 1.11. The highest BCUT2D eigenvalue weighted by Gasteiger charge is 2.17. The molecule has 0 heterocycles. The molecule has 18 heavy (non-hydrogen) atoms. The van der Waals surface area contributed by atoms with Crippen LogP contribution < -0.4 is 0 Å². The van der Waals surface area contributed by atoms with E-state index in [0.29, 0.717) is 0 Å². The van der Waals surface area contributed by atoms with E-state index < -0.39 is 0 Å². The number of hydrogen-bond acceptors (Lipinski definition) is 0. The minimum Gasteiger partial charge on any atom is -0.0952 e. The fraction of sp³-hybridized carbons (Fsp3) is 0.111. The van der Waals surface area contributed by atoms with E-state index in [2.05, 4.69) is 55.1 Å². The highest BCUT2D eigenvalue weighted by molar-refractivity contribution is 6.09. The van der Waals surface area contributed by atoms with E-state index >= 15 is 0 Å². The van der Waals surface area contributed by atoms with Crippen molar-refractivity contribution in [2.75, 3.05) is 0 Å². The molecule has 0 heteroatoms. The summed E-state index contributed by atoms with van der Waals surface area (Å²) in [5, 5.41) is 5.46. The average Bonchev–Trinajstić information content (AvgIpc) is 2.80. The molecule has 0 fully saturated rings. The van der Waals surface area contributed by atoms with E-state index in [0.717, 1.165) is 12.8 Å². The van der Waals surface area contributed by atoms with Gasteiger partial charge in [-0.05, 0) is 51.1 Å². The van der Waals surface area contributed by atoms with E-state index in [1.807, 2.05) is 0 Å². The van der Waals surface area contributed by atoms with E-state index in [4.69, 9.17) is 0 Å². The number of rotatable bonds is 0. The van der Waals surface area contributed by atoms with Crippen LogP contribution in [0.1, 0.15) is 17.5 Å². The number of aryl methyl sites for hydroxylation is 1. The topological polar surface area (TPSA) is 0 Å². The molecule has 0 spiro atoms. The van der Waals surface area contributed by atoms with Crippen LogP contribution >= 0.6 is 0 Å². The van der Waals surface area contributed by atoms with Gasteiger partial charge in [0.2, 0.25) is 0 Å². The number of benzene rings is 3. The first-order valence-corrected chi connectivity index (χ1v) is 6.46. The van der Waals surface area contributed by atoms with E-state index in [-0.39, 0.29) is 0 Å². The Balaban J connectivity index is 2.20. The molecule has 0 atom stereocenters. The van der Waals surface area contributed by atoms with Crippen LogP contribution in [0.5, 0.6) is 0 Å². The highest BCUT2D eigenvalue weighted by Crippen LogP contribution is 2.37.